The summed E-state index contributed by atoms with van der Waals surface area (Å²) in [7, 11) is 0. The molecule has 0 saturated carbocycles. The zero-order valence-electron chi connectivity index (χ0n) is 6.91. The minimum atomic E-state index is -0.287. The van der Waals surface area contributed by atoms with Gasteiger partial charge in [0.1, 0.15) is 6.61 Å². The molecule has 1 amide bonds. The van der Waals surface area contributed by atoms with Crippen molar-refractivity contribution in [2.24, 2.45) is 5.92 Å². The Morgan fingerprint density at radius 3 is 2.92 bits per heavy atom. The molecule has 0 aromatic heterocycles. The van der Waals surface area contributed by atoms with Gasteiger partial charge in [0.05, 0.1) is 12.6 Å². The van der Waals surface area contributed by atoms with Gasteiger partial charge in [0.25, 0.3) is 0 Å². The molecule has 2 rings (SSSR count). The average Bonchev–Trinajstić information content (AvgIpc) is 2.54. The summed E-state index contributed by atoms with van der Waals surface area (Å²) in [5.41, 5.74) is 0. The van der Waals surface area contributed by atoms with Crippen molar-refractivity contribution in [3.63, 3.8) is 0 Å². The van der Waals surface area contributed by atoms with Crippen molar-refractivity contribution in [3.05, 3.63) is 0 Å². The number of alkyl carbamates (subject to hydrolysis) is 1. The molecule has 0 aliphatic carbocycles. The normalized spacial score (nSPS) is 35.8. The fourth-order valence-electron chi connectivity index (χ4n) is 1.74. The molecule has 0 aromatic carbocycles. The highest BCUT2D eigenvalue weighted by Crippen LogP contribution is 2.19. The number of hydrogen-bond donors (Lipinski definition) is 1. The van der Waals surface area contributed by atoms with Crippen LogP contribution in [0.1, 0.15) is 12.8 Å². The fraction of sp³-hybridized carbons (Fsp3) is 0.875. The number of carbonyl (C=O) groups excluding carboxylic acids is 1. The molecule has 12 heavy (non-hydrogen) atoms. The second kappa shape index (κ2) is 3.31. The molecule has 2 atom stereocenters. The third-order valence-electron chi connectivity index (χ3n) is 2.46. The number of amides is 1. The lowest BCUT2D eigenvalue weighted by molar-refractivity contribution is 0.0403. The number of hydrogen-bond acceptors (Lipinski definition) is 3. The van der Waals surface area contributed by atoms with E-state index < -0.39 is 0 Å². The summed E-state index contributed by atoms with van der Waals surface area (Å²) in [4.78, 5) is 10.7. The first-order valence-electron chi connectivity index (χ1n) is 4.37. The predicted molar refractivity (Wildman–Crippen MR) is 41.8 cm³/mol. The molecule has 4 nitrogen and oxygen atoms in total. The van der Waals surface area contributed by atoms with Crippen LogP contribution in [-0.4, -0.2) is 32.0 Å². The van der Waals surface area contributed by atoms with Crippen LogP contribution < -0.4 is 5.32 Å². The van der Waals surface area contributed by atoms with E-state index in [4.69, 9.17) is 9.47 Å². The summed E-state index contributed by atoms with van der Waals surface area (Å²) in [6.07, 6.45) is 1.94. The highest BCUT2D eigenvalue weighted by atomic mass is 16.6. The van der Waals surface area contributed by atoms with Crippen LogP contribution in [0, 0.1) is 5.92 Å². The van der Waals surface area contributed by atoms with E-state index in [1.807, 2.05) is 0 Å². The second-order valence-electron chi connectivity index (χ2n) is 3.33. The number of rotatable bonds is 1. The number of ether oxygens (including phenoxy) is 2. The number of cyclic esters (lactones) is 1. The monoisotopic (exact) mass is 171 g/mol. The molecule has 0 aromatic rings. The van der Waals surface area contributed by atoms with E-state index in [1.165, 1.54) is 0 Å². The van der Waals surface area contributed by atoms with Crippen LogP contribution in [0.25, 0.3) is 0 Å². The second-order valence-corrected chi connectivity index (χ2v) is 3.33. The van der Waals surface area contributed by atoms with Crippen LogP contribution in [0.3, 0.4) is 0 Å². The van der Waals surface area contributed by atoms with Crippen molar-refractivity contribution in [2.45, 2.75) is 18.9 Å². The molecule has 2 aliphatic rings. The first kappa shape index (κ1) is 7.86. The Hall–Kier alpha value is -0.770. The van der Waals surface area contributed by atoms with E-state index in [9.17, 15) is 4.79 Å². The maximum atomic E-state index is 10.7. The van der Waals surface area contributed by atoms with E-state index in [-0.39, 0.29) is 12.1 Å². The standard InChI is InChI=1S/C8H13NO3/c10-8-9-7(5-12-8)6-2-1-3-11-4-6/h6-7H,1-5H2,(H,9,10). The SMILES string of the molecule is O=C1NC(C2CCCOC2)CO1. The van der Waals surface area contributed by atoms with E-state index in [1.54, 1.807) is 0 Å². The van der Waals surface area contributed by atoms with Gasteiger partial charge in [-0.05, 0) is 12.8 Å². The van der Waals surface area contributed by atoms with Gasteiger partial charge in [-0.1, -0.05) is 0 Å². The molecule has 4 heteroatoms. The van der Waals surface area contributed by atoms with E-state index >= 15 is 0 Å². The largest absolute Gasteiger partial charge is 0.447 e. The Balaban J connectivity index is 1.86. The molecule has 0 spiro atoms. The van der Waals surface area contributed by atoms with Crippen molar-refractivity contribution in [1.82, 2.24) is 5.32 Å². The molecule has 2 unspecified atom stereocenters. The highest BCUT2D eigenvalue weighted by molar-refractivity contribution is 5.69. The quantitative estimate of drug-likeness (QED) is 0.625. The smallest absolute Gasteiger partial charge is 0.407 e. The zero-order valence-corrected chi connectivity index (χ0v) is 6.91. The summed E-state index contributed by atoms with van der Waals surface area (Å²) in [6, 6.07) is 0.179. The van der Waals surface area contributed by atoms with Crippen LogP contribution >= 0.6 is 0 Å². The molecular weight excluding hydrogens is 158 g/mol. The number of nitrogens with one attached hydrogen (secondary N) is 1. The van der Waals surface area contributed by atoms with Gasteiger partial charge in [0.2, 0.25) is 0 Å². The van der Waals surface area contributed by atoms with Gasteiger partial charge in [-0.25, -0.2) is 4.79 Å². The third-order valence-corrected chi connectivity index (χ3v) is 2.46. The summed E-state index contributed by atoms with van der Waals surface area (Å²) in [6.45, 7) is 2.12. The summed E-state index contributed by atoms with van der Waals surface area (Å²) < 4.78 is 10.1. The van der Waals surface area contributed by atoms with Gasteiger partial charge in [0.15, 0.2) is 0 Å². The Morgan fingerprint density at radius 1 is 1.42 bits per heavy atom. The van der Waals surface area contributed by atoms with Crippen molar-refractivity contribution >= 4 is 6.09 Å². The lowest BCUT2D eigenvalue weighted by Gasteiger charge is -2.25. The summed E-state index contributed by atoms with van der Waals surface area (Å²) in [5.74, 6) is 0.449. The van der Waals surface area contributed by atoms with Gasteiger partial charge in [-0.2, -0.15) is 0 Å². The summed E-state index contributed by atoms with van der Waals surface area (Å²) in [5, 5.41) is 2.78. The molecule has 2 saturated heterocycles. The van der Waals surface area contributed by atoms with Crippen molar-refractivity contribution < 1.29 is 14.3 Å². The van der Waals surface area contributed by atoms with Gasteiger partial charge in [0, 0.05) is 12.5 Å². The van der Waals surface area contributed by atoms with Crippen LogP contribution in [-0.2, 0) is 9.47 Å². The van der Waals surface area contributed by atoms with Gasteiger partial charge < -0.3 is 14.8 Å². The Kier molecular flexibility index (Phi) is 2.17. The summed E-state index contributed by atoms with van der Waals surface area (Å²) >= 11 is 0. The Bertz CT molecular complexity index is 177. The molecule has 2 fully saturated rings. The molecule has 0 bridgehead atoms. The molecule has 0 radical (unpaired) electrons. The van der Waals surface area contributed by atoms with E-state index in [0.29, 0.717) is 12.5 Å². The minimum absolute atomic E-state index is 0.179. The van der Waals surface area contributed by atoms with Gasteiger partial charge >= 0.3 is 6.09 Å². The molecular formula is C8H13NO3. The first-order chi connectivity index (χ1) is 5.86. The Labute approximate surface area is 71.2 Å². The first-order valence-corrected chi connectivity index (χ1v) is 4.37. The van der Waals surface area contributed by atoms with Crippen molar-refractivity contribution in [1.29, 1.82) is 0 Å². The van der Waals surface area contributed by atoms with Crippen LogP contribution in [0.5, 0.6) is 0 Å². The molecule has 68 valence electrons. The van der Waals surface area contributed by atoms with Crippen LogP contribution in [0.4, 0.5) is 4.79 Å². The van der Waals surface area contributed by atoms with Gasteiger partial charge in [-0.3, -0.25) is 0 Å². The lowest BCUT2D eigenvalue weighted by Crippen LogP contribution is -2.38. The maximum absolute atomic E-state index is 10.7. The van der Waals surface area contributed by atoms with Crippen molar-refractivity contribution in [2.75, 3.05) is 19.8 Å². The predicted octanol–water partition coefficient (Wildman–Crippen LogP) is 0.521. The third kappa shape index (κ3) is 1.53. The van der Waals surface area contributed by atoms with E-state index in [2.05, 4.69) is 5.32 Å². The minimum Gasteiger partial charge on any atom is -0.447 e. The topological polar surface area (TPSA) is 47.6 Å². The van der Waals surface area contributed by atoms with Crippen molar-refractivity contribution in [3.8, 4) is 0 Å². The highest BCUT2D eigenvalue weighted by Gasteiger charge is 2.31. The van der Waals surface area contributed by atoms with Crippen LogP contribution in [0.15, 0.2) is 0 Å². The zero-order chi connectivity index (χ0) is 8.39. The Morgan fingerprint density at radius 2 is 2.33 bits per heavy atom. The average molecular weight is 171 g/mol. The van der Waals surface area contributed by atoms with Gasteiger partial charge in [-0.15, -0.1) is 0 Å². The lowest BCUT2D eigenvalue weighted by atomic mass is 9.95. The molecule has 2 aliphatic heterocycles. The molecule has 1 N–H and O–H groups in total. The fourth-order valence-corrected chi connectivity index (χ4v) is 1.74. The van der Waals surface area contributed by atoms with Crippen LogP contribution in [0.2, 0.25) is 0 Å². The molecule has 2 heterocycles. The van der Waals surface area contributed by atoms with E-state index in [0.717, 1.165) is 26.1 Å². The maximum Gasteiger partial charge on any atom is 0.407 e. The number of carbonyl (C=O) groups is 1.